The van der Waals surface area contributed by atoms with Crippen molar-refractivity contribution >= 4 is 23.4 Å². The zero-order valence-electron chi connectivity index (χ0n) is 20.3. The number of hydrogen-bond donors (Lipinski definition) is 2. The molecule has 1 aromatic rings. The van der Waals surface area contributed by atoms with Crippen LogP contribution < -0.4 is 4.72 Å². The highest BCUT2D eigenvalue weighted by Crippen LogP contribution is 2.53. The Labute approximate surface area is 199 Å². The van der Waals surface area contributed by atoms with Crippen LogP contribution in [0.2, 0.25) is 0 Å². The van der Waals surface area contributed by atoms with Gasteiger partial charge >= 0.3 is 12.1 Å². The van der Waals surface area contributed by atoms with Crippen molar-refractivity contribution in [3.8, 4) is 11.8 Å². The first-order valence-corrected chi connectivity index (χ1v) is 12.4. The molecule has 0 bridgehead atoms. The van der Waals surface area contributed by atoms with E-state index in [0.717, 1.165) is 30.4 Å². The molecular weight excluding hydrogens is 440 g/mol. The van der Waals surface area contributed by atoms with E-state index < -0.39 is 27.7 Å². The minimum absolute atomic E-state index is 0.181. The van der Waals surface area contributed by atoms with Crippen LogP contribution in [-0.4, -0.2) is 50.1 Å². The Bertz CT molecular complexity index is 975. The van der Waals surface area contributed by atoms with Gasteiger partial charge in [-0.1, -0.05) is 12.0 Å². The van der Waals surface area contributed by atoms with Crippen LogP contribution in [0.4, 0.5) is 4.79 Å². The summed E-state index contributed by atoms with van der Waals surface area (Å²) < 4.78 is 21.6. The smallest absolute Gasteiger partial charge is 0.410 e. The Morgan fingerprint density at radius 1 is 1.21 bits per heavy atom. The molecule has 180 valence electrons. The van der Waals surface area contributed by atoms with Crippen LogP contribution in [0.3, 0.4) is 0 Å². The van der Waals surface area contributed by atoms with Gasteiger partial charge in [-0.15, -0.1) is 4.72 Å². The molecule has 1 aliphatic heterocycles. The normalized spacial score (nSPS) is 20.6. The molecule has 1 amide bonds. The first kappa shape index (κ1) is 25.4. The molecule has 1 fully saturated rings. The number of fused-ring (bicyclic) bond motifs is 1. The monoisotopic (exact) mass is 474 g/mol. The van der Waals surface area contributed by atoms with E-state index in [-0.39, 0.29) is 17.6 Å². The van der Waals surface area contributed by atoms with E-state index in [0.29, 0.717) is 18.7 Å². The number of likely N-dealkylation sites (tertiary alicyclic amines) is 1. The summed E-state index contributed by atoms with van der Waals surface area (Å²) in [5.41, 5.74) is 2.03. The minimum Gasteiger partial charge on any atom is -0.598 e. The van der Waals surface area contributed by atoms with Gasteiger partial charge in [0, 0.05) is 41.4 Å². The molecule has 0 unspecified atom stereocenters. The lowest BCUT2D eigenvalue weighted by molar-refractivity contribution is -0.130. The number of rotatable bonds is 2. The number of carbonyl (C=O) groups is 2. The largest absolute Gasteiger partial charge is 0.598 e. The summed E-state index contributed by atoms with van der Waals surface area (Å²) in [6.45, 7) is 12.5. The summed E-state index contributed by atoms with van der Waals surface area (Å²) in [7, 11) is 0. The van der Waals surface area contributed by atoms with Gasteiger partial charge in [0.05, 0.1) is 6.04 Å². The van der Waals surface area contributed by atoms with Crippen molar-refractivity contribution < 1.29 is 24.0 Å². The second kappa shape index (κ2) is 9.21. The number of amides is 1. The lowest BCUT2D eigenvalue weighted by atomic mass is 9.73. The highest BCUT2D eigenvalue weighted by molar-refractivity contribution is 7.90. The maximum absolute atomic E-state index is 13.1. The van der Waals surface area contributed by atoms with Crippen LogP contribution in [0, 0.1) is 17.3 Å². The van der Waals surface area contributed by atoms with Crippen molar-refractivity contribution in [1.82, 2.24) is 9.62 Å². The summed E-state index contributed by atoms with van der Waals surface area (Å²) in [6.07, 6.45) is 1.99. The predicted molar refractivity (Wildman–Crippen MR) is 128 cm³/mol. The quantitative estimate of drug-likeness (QED) is 0.500. The molecule has 33 heavy (non-hydrogen) atoms. The van der Waals surface area contributed by atoms with E-state index >= 15 is 0 Å². The zero-order valence-corrected chi connectivity index (χ0v) is 21.1. The molecule has 1 spiro atoms. The molecule has 0 radical (unpaired) electrons. The number of ether oxygens (including phenoxy) is 1. The average molecular weight is 475 g/mol. The molecule has 2 N–H and O–H groups in total. The second-order valence-electron chi connectivity index (χ2n) is 10.9. The molecule has 0 aromatic heterocycles. The Balaban J connectivity index is 1.88. The third kappa shape index (κ3) is 6.03. The van der Waals surface area contributed by atoms with Crippen LogP contribution in [0.25, 0.3) is 0 Å². The Morgan fingerprint density at radius 2 is 1.85 bits per heavy atom. The summed E-state index contributed by atoms with van der Waals surface area (Å²) >= 11 is -1.30. The number of carbonyl (C=O) groups excluding carboxylic acids is 1. The number of hydrogen-bond acceptors (Lipinski definition) is 5. The van der Waals surface area contributed by atoms with Crippen LogP contribution in [-0.2, 0) is 27.3 Å². The maximum atomic E-state index is 13.1. The SMILES string of the molecule is CC(C)(C)OC(=O)N1CCC2(CC1)Cc1ccc(C#CC(=O)O)cc1[C@H]2N[S@+]([O-])C(C)(C)C. The number of carboxylic acids is 1. The average Bonchev–Trinajstić information content (AvgIpc) is 2.97. The third-order valence-electron chi connectivity index (χ3n) is 6.12. The zero-order chi connectivity index (χ0) is 24.6. The highest BCUT2D eigenvalue weighted by Gasteiger charge is 2.51. The van der Waals surface area contributed by atoms with Crippen LogP contribution in [0.15, 0.2) is 18.2 Å². The Hall–Kier alpha value is -2.21. The van der Waals surface area contributed by atoms with Gasteiger partial charge in [0.25, 0.3) is 0 Å². The van der Waals surface area contributed by atoms with Crippen molar-refractivity contribution in [2.45, 2.75) is 77.2 Å². The molecule has 2 atom stereocenters. The molecule has 1 heterocycles. The fourth-order valence-electron chi connectivity index (χ4n) is 4.44. The van der Waals surface area contributed by atoms with E-state index in [1.807, 2.05) is 59.7 Å². The van der Waals surface area contributed by atoms with E-state index in [4.69, 9.17) is 9.84 Å². The van der Waals surface area contributed by atoms with Crippen LogP contribution in [0.1, 0.15) is 77.1 Å². The van der Waals surface area contributed by atoms with Crippen LogP contribution >= 0.6 is 0 Å². The van der Waals surface area contributed by atoms with E-state index in [2.05, 4.69) is 16.6 Å². The number of benzene rings is 1. The van der Waals surface area contributed by atoms with E-state index in [1.165, 1.54) is 0 Å². The van der Waals surface area contributed by atoms with Crippen molar-refractivity contribution in [3.05, 3.63) is 34.9 Å². The second-order valence-corrected chi connectivity index (χ2v) is 12.9. The van der Waals surface area contributed by atoms with Crippen LogP contribution in [0.5, 0.6) is 0 Å². The Morgan fingerprint density at radius 3 is 2.39 bits per heavy atom. The first-order chi connectivity index (χ1) is 15.2. The van der Waals surface area contributed by atoms with E-state index in [1.54, 1.807) is 4.90 Å². The molecule has 7 nitrogen and oxygen atoms in total. The van der Waals surface area contributed by atoms with Crippen molar-refractivity contribution in [3.63, 3.8) is 0 Å². The molecule has 1 aliphatic carbocycles. The van der Waals surface area contributed by atoms with Crippen molar-refractivity contribution in [2.24, 2.45) is 5.41 Å². The number of aliphatic carboxylic acids is 1. The molecule has 1 saturated heterocycles. The molecule has 2 aliphatic rings. The molecular formula is C25H34N2O5S. The van der Waals surface area contributed by atoms with Gasteiger partial charge in [-0.2, -0.15) is 0 Å². The predicted octanol–water partition coefficient (Wildman–Crippen LogP) is 3.79. The number of nitrogens with one attached hydrogen (secondary N) is 1. The highest BCUT2D eigenvalue weighted by atomic mass is 32.2. The van der Waals surface area contributed by atoms with Gasteiger partial charge in [0.1, 0.15) is 10.3 Å². The molecule has 0 saturated carbocycles. The van der Waals surface area contributed by atoms with Gasteiger partial charge in [0.15, 0.2) is 0 Å². The topological polar surface area (TPSA) is 102 Å². The molecule has 1 aromatic carbocycles. The summed E-state index contributed by atoms with van der Waals surface area (Å²) in [5.74, 6) is 3.68. The fourth-order valence-corrected chi connectivity index (χ4v) is 5.38. The number of piperidine rings is 1. The molecule has 3 rings (SSSR count). The standard InChI is InChI=1S/C25H34N2O5S/c1-23(2,3)32-22(30)27-13-11-25(12-14-27)16-18-9-7-17(8-10-20(28)29)15-19(18)21(25)26-33(31)24(4,5)6/h7,9,15,21,26H,11-14,16H2,1-6H3,(H,28,29)/t21-,33-/m1/s1. The number of carboxylic acid groups (broad SMARTS) is 1. The van der Waals surface area contributed by atoms with Gasteiger partial charge in [-0.05, 0) is 84.1 Å². The molecule has 8 heteroatoms. The van der Waals surface area contributed by atoms with Crippen molar-refractivity contribution in [2.75, 3.05) is 13.1 Å². The minimum atomic E-state index is -1.30. The van der Waals surface area contributed by atoms with Gasteiger partial charge < -0.3 is 19.3 Å². The summed E-state index contributed by atoms with van der Waals surface area (Å²) in [4.78, 5) is 25.2. The number of nitrogens with zero attached hydrogens (tertiary/aromatic N) is 1. The third-order valence-corrected chi connectivity index (χ3v) is 7.68. The first-order valence-electron chi connectivity index (χ1n) is 11.2. The lowest BCUT2D eigenvalue weighted by Crippen LogP contribution is -2.51. The van der Waals surface area contributed by atoms with E-state index in [9.17, 15) is 14.1 Å². The summed E-state index contributed by atoms with van der Waals surface area (Å²) in [5, 5.41) is 8.90. The maximum Gasteiger partial charge on any atom is 0.410 e. The van der Waals surface area contributed by atoms with Gasteiger partial charge in [-0.3, -0.25) is 0 Å². The summed E-state index contributed by atoms with van der Waals surface area (Å²) in [6, 6.07) is 5.56. The fraction of sp³-hybridized carbons (Fsp3) is 0.600. The van der Waals surface area contributed by atoms with Gasteiger partial charge in [-0.25, -0.2) is 9.59 Å². The van der Waals surface area contributed by atoms with Gasteiger partial charge in [0.2, 0.25) is 0 Å². The Kier molecular flexibility index (Phi) is 7.09. The lowest BCUT2D eigenvalue weighted by Gasteiger charge is -2.43. The van der Waals surface area contributed by atoms with Crippen molar-refractivity contribution in [1.29, 1.82) is 0 Å².